The fourth-order valence-corrected chi connectivity index (χ4v) is 4.30. The number of hydrogen-bond donors (Lipinski definition) is 2. The van der Waals surface area contributed by atoms with Gasteiger partial charge in [0.15, 0.2) is 6.61 Å². The number of sulfonamides is 1. The van der Waals surface area contributed by atoms with Crippen LogP contribution in [-0.4, -0.2) is 59.3 Å². The van der Waals surface area contributed by atoms with Crippen molar-refractivity contribution in [3.63, 3.8) is 0 Å². The lowest BCUT2D eigenvalue weighted by Gasteiger charge is -2.13. The van der Waals surface area contributed by atoms with Crippen molar-refractivity contribution >= 4 is 21.9 Å². The van der Waals surface area contributed by atoms with E-state index in [0.29, 0.717) is 13.2 Å². The number of benzene rings is 1. The first-order chi connectivity index (χ1) is 13.4. The van der Waals surface area contributed by atoms with Gasteiger partial charge in [0, 0.05) is 19.2 Å². The van der Waals surface area contributed by atoms with Crippen molar-refractivity contribution in [2.75, 3.05) is 26.9 Å². The summed E-state index contributed by atoms with van der Waals surface area (Å²) in [7, 11) is -2.47. The van der Waals surface area contributed by atoms with E-state index < -0.39 is 28.5 Å². The molecule has 28 heavy (non-hydrogen) atoms. The third-order valence-electron chi connectivity index (χ3n) is 4.47. The quantitative estimate of drug-likeness (QED) is 0.570. The summed E-state index contributed by atoms with van der Waals surface area (Å²) in [6.45, 7) is 0.599. The third kappa shape index (κ3) is 5.43. The van der Waals surface area contributed by atoms with E-state index in [1.807, 2.05) is 0 Å². The van der Waals surface area contributed by atoms with Gasteiger partial charge in [-0.2, -0.15) is 0 Å². The first kappa shape index (κ1) is 20.6. The summed E-state index contributed by atoms with van der Waals surface area (Å²) in [6.07, 6.45) is 3.41. The molecule has 10 heteroatoms. The maximum absolute atomic E-state index is 12.5. The molecule has 1 aliphatic carbocycles. The molecule has 2 N–H and O–H groups in total. The predicted molar refractivity (Wildman–Crippen MR) is 98.6 cm³/mol. The van der Waals surface area contributed by atoms with Crippen LogP contribution in [0.5, 0.6) is 5.75 Å². The Hall–Kier alpha value is -2.17. The predicted octanol–water partition coefficient (Wildman–Crippen LogP) is 0.588. The van der Waals surface area contributed by atoms with Crippen LogP contribution in [0.25, 0.3) is 0 Å². The molecule has 1 atom stereocenters. The number of amides is 1. The molecule has 1 aromatic rings. The summed E-state index contributed by atoms with van der Waals surface area (Å²) in [4.78, 5) is 23.9. The number of rotatable bonds is 9. The Morgan fingerprint density at radius 1 is 1.25 bits per heavy atom. The Morgan fingerprint density at radius 2 is 2.04 bits per heavy atom. The molecule has 0 unspecified atom stereocenters. The minimum Gasteiger partial charge on any atom is -0.495 e. The highest BCUT2D eigenvalue weighted by molar-refractivity contribution is 7.89. The largest absolute Gasteiger partial charge is 0.495 e. The highest BCUT2D eigenvalue weighted by atomic mass is 32.2. The SMILES string of the molecule is COc1ccc(C(=O)OCC(=O)NC[C@@H]2CCCO2)cc1S(=O)(=O)NC1CC1. The van der Waals surface area contributed by atoms with Gasteiger partial charge in [-0.15, -0.1) is 0 Å². The van der Waals surface area contributed by atoms with Gasteiger partial charge in [0.05, 0.1) is 18.8 Å². The first-order valence-corrected chi connectivity index (χ1v) is 10.6. The number of esters is 1. The average Bonchev–Trinajstić information content (AvgIpc) is 3.32. The molecule has 1 aromatic carbocycles. The van der Waals surface area contributed by atoms with Gasteiger partial charge in [-0.25, -0.2) is 17.9 Å². The van der Waals surface area contributed by atoms with Crippen molar-refractivity contribution in [2.24, 2.45) is 0 Å². The van der Waals surface area contributed by atoms with E-state index in [2.05, 4.69) is 10.0 Å². The van der Waals surface area contributed by atoms with E-state index in [9.17, 15) is 18.0 Å². The molecule has 1 aliphatic heterocycles. The number of carbonyl (C=O) groups is 2. The molecule has 0 aromatic heterocycles. The zero-order chi connectivity index (χ0) is 20.1. The first-order valence-electron chi connectivity index (χ1n) is 9.15. The summed E-state index contributed by atoms with van der Waals surface area (Å²) in [5, 5.41) is 2.65. The van der Waals surface area contributed by atoms with Crippen LogP contribution in [0.2, 0.25) is 0 Å². The van der Waals surface area contributed by atoms with Crippen LogP contribution in [0, 0.1) is 0 Å². The monoisotopic (exact) mass is 412 g/mol. The lowest BCUT2D eigenvalue weighted by atomic mass is 10.2. The molecule has 1 saturated carbocycles. The zero-order valence-electron chi connectivity index (χ0n) is 15.6. The van der Waals surface area contributed by atoms with Gasteiger partial charge in [-0.05, 0) is 43.9 Å². The highest BCUT2D eigenvalue weighted by Gasteiger charge is 2.30. The van der Waals surface area contributed by atoms with Crippen molar-refractivity contribution < 1.29 is 32.2 Å². The van der Waals surface area contributed by atoms with Gasteiger partial charge < -0.3 is 19.5 Å². The second-order valence-electron chi connectivity index (χ2n) is 6.78. The topological polar surface area (TPSA) is 120 Å². The molecular formula is C18H24N2O7S. The van der Waals surface area contributed by atoms with Crippen LogP contribution in [-0.2, 0) is 24.3 Å². The molecule has 0 radical (unpaired) electrons. The summed E-state index contributed by atoms with van der Waals surface area (Å²) in [5.74, 6) is -1.11. The maximum Gasteiger partial charge on any atom is 0.338 e. The molecule has 3 rings (SSSR count). The van der Waals surface area contributed by atoms with E-state index in [-0.39, 0.29) is 28.4 Å². The van der Waals surface area contributed by atoms with E-state index in [1.54, 1.807) is 0 Å². The third-order valence-corrected chi connectivity index (χ3v) is 6.01. The molecule has 1 saturated heterocycles. The normalized spacial score (nSPS) is 19.2. The minimum atomic E-state index is -3.82. The van der Waals surface area contributed by atoms with Crippen LogP contribution >= 0.6 is 0 Å². The van der Waals surface area contributed by atoms with Gasteiger partial charge in [0.1, 0.15) is 10.6 Å². The molecule has 1 amide bonds. The Kier molecular flexibility index (Phi) is 6.53. The Morgan fingerprint density at radius 3 is 2.68 bits per heavy atom. The van der Waals surface area contributed by atoms with Crippen LogP contribution in [0.1, 0.15) is 36.0 Å². The molecule has 154 valence electrons. The van der Waals surface area contributed by atoms with Crippen molar-refractivity contribution in [2.45, 2.75) is 42.7 Å². The van der Waals surface area contributed by atoms with E-state index in [0.717, 1.165) is 25.7 Å². The fourth-order valence-electron chi connectivity index (χ4n) is 2.80. The molecule has 9 nitrogen and oxygen atoms in total. The number of carbonyl (C=O) groups excluding carboxylic acids is 2. The maximum atomic E-state index is 12.5. The van der Waals surface area contributed by atoms with Crippen molar-refractivity contribution in [1.82, 2.24) is 10.0 Å². The summed E-state index contributed by atoms with van der Waals surface area (Å²) in [6, 6.07) is 3.88. The van der Waals surface area contributed by atoms with Gasteiger partial charge in [-0.3, -0.25) is 4.79 Å². The summed E-state index contributed by atoms with van der Waals surface area (Å²) in [5.41, 5.74) is 0.0175. The van der Waals surface area contributed by atoms with Crippen LogP contribution in [0.4, 0.5) is 0 Å². The number of hydrogen-bond acceptors (Lipinski definition) is 7. The standard InChI is InChI=1S/C18H24N2O7S/c1-25-15-7-4-12(9-16(15)28(23,24)20-13-5-6-13)18(22)27-11-17(21)19-10-14-3-2-8-26-14/h4,7,9,13-14,20H,2-3,5-6,8,10-11H2,1H3,(H,19,21)/t14-/m0/s1. The second-order valence-corrected chi connectivity index (χ2v) is 8.46. The smallest absolute Gasteiger partial charge is 0.338 e. The van der Waals surface area contributed by atoms with Crippen molar-refractivity contribution in [3.8, 4) is 5.75 Å². The highest BCUT2D eigenvalue weighted by Crippen LogP contribution is 2.28. The van der Waals surface area contributed by atoms with E-state index in [4.69, 9.17) is 14.2 Å². The fraction of sp³-hybridized carbons (Fsp3) is 0.556. The summed E-state index contributed by atoms with van der Waals surface area (Å²) < 4.78 is 43.0. The summed E-state index contributed by atoms with van der Waals surface area (Å²) >= 11 is 0. The molecule has 2 fully saturated rings. The van der Waals surface area contributed by atoms with Crippen LogP contribution in [0.15, 0.2) is 23.1 Å². The van der Waals surface area contributed by atoms with Crippen molar-refractivity contribution in [3.05, 3.63) is 23.8 Å². The Balaban J connectivity index is 1.59. The molecule has 1 heterocycles. The number of methoxy groups -OCH3 is 1. The molecule has 2 aliphatic rings. The Bertz CT molecular complexity index is 830. The van der Waals surface area contributed by atoms with Gasteiger partial charge in [0.2, 0.25) is 10.0 Å². The number of ether oxygens (including phenoxy) is 3. The van der Waals surface area contributed by atoms with Crippen molar-refractivity contribution in [1.29, 1.82) is 0 Å². The Labute approximate surface area is 163 Å². The van der Waals surface area contributed by atoms with E-state index >= 15 is 0 Å². The minimum absolute atomic E-state index is 0.00651. The molecule has 0 spiro atoms. The average molecular weight is 412 g/mol. The van der Waals surface area contributed by atoms with Gasteiger partial charge in [0.25, 0.3) is 5.91 Å². The van der Waals surface area contributed by atoms with Crippen LogP contribution < -0.4 is 14.8 Å². The molecule has 0 bridgehead atoms. The lowest BCUT2D eigenvalue weighted by molar-refractivity contribution is -0.124. The lowest BCUT2D eigenvalue weighted by Crippen LogP contribution is -2.34. The number of nitrogens with one attached hydrogen (secondary N) is 2. The van der Waals surface area contributed by atoms with Gasteiger partial charge in [-0.1, -0.05) is 0 Å². The zero-order valence-corrected chi connectivity index (χ0v) is 16.4. The van der Waals surface area contributed by atoms with Gasteiger partial charge >= 0.3 is 5.97 Å². The molecular weight excluding hydrogens is 388 g/mol. The van der Waals surface area contributed by atoms with Crippen LogP contribution in [0.3, 0.4) is 0 Å². The second kappa shape index (κ2) is 8.89. The van der Waals surface area contributed by atoms with E-state index in [1.165, 1.54) is 25.3 Å².